The van der Waals surface area contributed by atoms with Crippen LogP contribution in [-0.4, -0.2) is 15.5 Å². The highest BCUT2D eigenvalue weighted by Crippen LogP contribution is 2.38. The highest BCUT2D eigenvalue weighted by Gasteiger charge is 2.18. The van der Waals surface area contributed by atoms with Crippen LogP contribution in [-0.2, 0) is 11.3 Å². The molecule has 35 heavy (non-hydrogen) atoms. The van der Waals surface area contributed by atoms with Crippen LogP contribution >= 0.6 is 58.4 Å². The van der Waals surface area contributed by atoms with E-state index in [1.807, 2.05) is 30.3 Å². The number of hydrogen-bond donors (Lipinski definition) is 0. The SMILES string of the molecule is Fc1ccc(SC(CC(=NSc2ccccc2)OCc2cnc(Cl)s2)Sc2ccc(F)cc2)cc1. The zero-order valence-corrected chi connectivity index (χ0v) is 22.2. The Bertz CT molecular complexity index is 1190. The number of ether oxygens (including phenoxy) is 1. The molecule has 4 aromatic rings. The minimum absolute atomic E-state index is 0.0638. The summed E-state index contributed by atoms with van der Waals surface area (Å²) in [6, 6.07) is 22.5. The summed E-state index contributed by atoms with van der Waals surface area (Å²) in [7, 11) is 0. The van der Waals surface area contributed by atoms with Gasteiger partial charge in [0.2, 0.25) is 0 Å². The molecule has 3 aromatic carbocycles. The topological polar surface area (TPSA) is 34.5 Å². The summed E-state index contributed by atoms with van der Waals surface area (Å²) in [5.41, 5.74) is 0. The Morgan fingerprint density at radius 1 is 0.886 bits per heavy atom. The maximum Gasteiger partial charge on any atom is 0.197 e. The Hall–Kier alpha value is -2.04. The number of halogens is 3. The van der Waals surface area contributed by atoms with Crippen LogP contribution in [0, 0.1) is 11.6 Å². The largest absolute Gasteiger partial charge is 0.475 e. The second-order valence-corrected chi connectivity index (χ2v) is 12.4. The molecule has 3 nitrogen and oxygen atoms in total. The van der Waals surface area contributed by atoms with E-state index in [1.54, 1.807) is 54.0 Å². The average molecular weight is 565 g/mol. The summed E-state index contributed by atoms with van der Waals surface area (Å²) in [6.07, 6.45) is 2.17. The third kappa shape index (κ3) is 8.84. The lowest BCUT2D eigenvalue weighted by atomic mass is 10.3. The van der Waals surface area contributed by atoms with Gasteiger partial charge in [0.25, 0.3) is 0 Å². The van der Waals surface area contributed by atoms with E-state index in [0.717, 1.165) is 19.6 Å². The molecule has 10 heteroatoms. The van der Waals surface area contributed by atoms with Crippen LogP contribution in [0.4, 0.5) is 8.78 Å². The van der Waals surface area contributed by atoms with E-state index in [4.69, 9.17) is 16.3 Å². The molecule has 0 amide bonds. The Kier molecular flexibility index (Phi) is 9.91. The number of thiazole rings is 1. The number of benzene rings is 3. The van der Waals surface area contributed by atoms with Crippen molar-refractivity contribution in [2.75, 3.05) is 0 Å². The molecule has 1 aromatic heterocycles. The fourth-order valence-electron chi connectivity index (χ4n) is 2.79. The molecule has 180 valence electrons. The van der Waals surface area contributed by atoms with Gasteiger partial charge in [0, 0.05) is 39.3 Å². The van der Waals surface area contributed by atoms with Gasteiger partial charge in [-0.1, -0.05) is 29.8 Å². The first-order valence-corrected chi connectivity index (χ1v) is 14.1. The van der Waals surface area contributed by atoms with Gasteiger partial charge in [-0.3, -0.25) is 0 Å². The Balaban J connectivity index is 1.54. The van der Waals surface area contributed by atoms with Crippen molar-refractivity contribution in [2.24, 2.45) is 4.40 Å². The van der Waals surface area contributed by atoms with Crippen LogP contribution in [0.15, 0.2) is 104 Å². The Morgan fingerprint density at radius 2 is 1.49 bits per heavy atom. The van der Waals surface area contributed by atoms with E-state index in [0.29, 0.717) is 23.4 Å². The maximum absolute atomic E-state index is 13.4. The van der Waals surface area contributed by atoms with E-state index in [-0.39, 0.29) is 16.2 Å². The first-order valence-electron chi connectivity index (χ1n) is 10.4. The quantitative estimate of drug-likeness (QED) is 0.0631. The normalized spacial score (nSPS) is 11.7. The molecule has 0 aliphatic heterocycles. The first-order chi connectivity index (χ1) is 17.0. The second-order valence-electron chi connectivity index (χ2n) is 7.03. The van der Waals surface area contributed by atoms with Gasteiger partial charge in [0.15, 0.2) is 10.4 Å². The number of nitrogens with zero attached hydrogens (tertiary/aromatic N) is 2. The van der Waals surface area contributed by atoms with Gasteiger partial charge < -0.3 is 4.74 Å². The smallest absolute Gasteiger partial charge is 0.197 e. The summed E-state index contributed by atoms with van der Waals surface area (Å²) in [5, 5.41) is 0. The zero-order valence-electron chi connectivity index (χ0n) is 18.1. The lowest BCUT2D eigenvalue weighted by molar-refractivity contribution is 0.289. The van der Waals surface area contributed by atoms with Gasteiger partial charge in [0.1, 0.15) is 18.2 Å². The van der Waals surface area contributed by atoms with Crippen molar-refractivity contribution < 1.29 is 13.5 Å². The molecule has 4 rings (SSSR count). The van der Waals surface area contributed by atoms with Crippen molar-refractivity contribution >= 4 is 64.3 Å². The van der Waals surface area contributed by atoms with Gasteiger partial charge in [-0.05, 0) is 60.7 Å². The van der Waals surface area contributed by atoms with Gasteiger partial charge in [-0.25, -0.2) is 13.8 Å². The molecule has 0 atom stereocenters. The predicted molar refractivity (Wildman–Crippen MR) is 145 cm³/mol. The molecule has 0 N–H and O–H groups in total. The van der Waals surface area contributed by atoms with E-state index in [9.17, 15) is 8.78 Å². The van der Waals surface area contributed by atoms with Crippen LogP contribution in [0.1, 0.15) is 11.3 Å². The van der Waals surface area contributed by atoms with E-state index in [2.05, 4.69) is 9.38 Å². The highest BCUT2D eigenvalue weighted by atomic mass is 35.5. The van der Waals surface area contributed by atoms with Crippen molar-refractivity contribution in [3.05, 3.63) is 106 Å². The molecule has 0 aliphatic carbocycles. The van der Waals surface area contributed by atoms with Crippen molar-refractivity contribution in [2.45, 2.75) is 32.3 Å². The summed E-state index contributed by atoms with van der Waals surface area (Å²) in [4.78, 5) is 7.77. The zero-order chi connectivity index (χ0) is 24.5. The fraction of sp³-hybridized carbons (Fsp3) is 0.120. The average Bonchev–Trinajstić information content (AvgIpc) is 3.29. The van der Waals surface area contributed by atoms with Crippen LogP contribution in [0.5, 0.6) is 0 Å². The third-order valence-electron chi connectivity index (χ3n) is 4.41. The first kappa shape index (κ1) is 26.0. The van der Waals surface area contributed by atoms with E-state index >= 15 is 0 Å². The summed E-state index contributed by atoms with van der Waals surface area (Å²) < 4.78 is 38.1. The monoisotopic (exact) mass is 564 g/mol. The Labute approximate surface area is 224 Å². The molecule has 0 radical (unpaired) electrons. The molecular weight excluding hydrogens is 546 g/mol. The number of rotatable bonds is 10. The number of aromatic nitrogens is 1. The predicted octanol–water partition coefficient (Wildman–Crippen LogP) is 9.00. The maximum atomic E-state index is 13.4. The summed E-state index contributed by atoms with van der Waals surface area (Å²) in [5.74, 6) is -0.0205. The molecule has 0 unspecified atom stereocenters. The molecule has 0 fully saturated rings. The van der Waals surface area contributed by atoms with Crippen LogP contribution in [0.3, 0.4) is 0 Å². The summed E-state index contributed by atoms with van der Waals surface area (Å²) in [6.45, 7) is 0.299. The number of hydrogen-bond acceptors (Lipinski definition) is 7. The molecule has 0 spiro atoms. The lowest BCUT2D eigenvalue weighted by Gasteiger charge is -2.18. The highest BCUT2D eigenvalue weighted by molar-refractivity contribution is 8.17. The van der Waals surface area contributed by atoms with Crippen LogP contribution in [0.25, 0.3) is 0 Å². The molecular formula is C25H19ClF2N2OS4. The van der Waals surface area contributed by atoms with E-state index < -0.39 is 0 Å². The third-order valence-corrected chi connectivity index (χ3v) is 8.80. The summed E-state index contributed by atoms with van der Waals surface area (Å²) >= 11 is 11.8. The second kappa shape index (κ2) is 13.3. The van der Waals surface area contributed by atoms with Crippen molar-refractivity contribution in [1.29, 1.82) is 0 Å². The van der Waals surface area contributed by atoms with Gasteiger partial charge in [-0.2, -0.15) is 4.40 Å². The minimum Gasteiger partial charge on any atom is -0.475 e. The molecule has 0 saturated heterocycles. The molecule has 0 aliphatic rings. The van der Waals surface area contributed by atoms with Crippen LogP contribution < -0.4 is 0 Å². The Morgan fingerprint density at radius 3 is 2.03 bits per heavy atom. The van der Waals surface area contributed by atoms with Gasteiger partial charge >= 0.3 is 0 Å². The van der Waals surface area contributed by atoms with Crippen molar-refractivity contribution in [3.8, 4) is 0 Å². The van der Waals surface area contributed by atoms with Crippen molar-refractivity contribution in [1.82, 2.24) is 4.98 Å². The van der Waals surface area contributed by atoms with Crippen molar-refractivity contribution in [3.63, 3.8) is 0 Å². The lowest BCUT2D eigenvalue weighted by Crippen LogP contribution is -2.11. The van der Waals surface area contributed by atoms with Gasteiger partial charge in [0.05, 0.1) is 9.46 Å². The standard InChI is InChI=1S/C25H19ClF2N2OS4/c26-25-29-15-22(34-25)16-31-23(30-35-21-4-2-1-3-5-21)14-24(32-19-10-6-17(27)7-11-19)33-20-12-8-18(28)9-13-20/h1-13,15,24H,14,16H2. The molecule has 1 heterocycles. The minimum atomic E-state index is -0.287. The van der Waals surface area contributed by atoms with Crippen LogP contribution in [0.2, 0.25) is 4.47 Å². The van der Waals surface area contributed by atoms with E-state index in [1.165, 1.54) is 47.6 Å². The molecule has 0 saturated carbocycles. The molecule has 0 bridgehead atoms. The number of thioether (sulfide) groups is 2. The van der Waals surface area contributed by atoms with Gasteiger partial charge in [-0.15, -0.1) is 34.9 Å². The fourth-order valence-corrected chi connectivity index (χ4v) is 6.80.